The number of nitrogens with zero attached hydrogens (tertiary/aromatic N) is 2. The molecule has 0 spiro atoms. The van der Waals surface area contributed by atoms with Crippen LogP contribution < -0.4 is 0 Å². The Labute approximate surface area is 127 Å². The van der Waals surface area contributed by atoms with Crippen LogP contribution in [0.1, 0.15) is 71.0 Å². The van der Waals surface area contributed by atoms with Crippen LogP contribution in [0.5, 0.6) is 0 Å². The highest BCUT2D eigenvalue weighted by Crippen LogP contribution is 2.46. The summed E-state index contributed by atoms with van der Waals surface area (Å²) in [5, 5.41) is 13.0. The van der Waals surface area contributed by atoms with Crippen molar-refractivity contribution in [1.82, 2.24) is 4.98 Å². The van der Waals surface area contributed by atoms with Crippen molar-refractivity contribution >= 4 is 11.3 Å². The maximum absolute atomic E-state index is 9.67. The van der Waals surface area contributed by atoms with E-state index in [1.165, 1.54) is 0 Å². The van der Waals surface area contributed by atoms with Gasteiger partial charge in [-0.3, -0.25) is 0 Å². The van der Waals surface area contributed by atoms with Crippen LogP contribution in [0.2, 0.25) is 0 Å². The summed E-state index contributed by atoms with van der Waals surface area (Å²) < 4.78 is 0. The largest absolute Gasteiger partial charge is 0.246 e. The molecule has 0 aliphatic heterocycles. The Morgan fingerprint density at radius 3 is 2.30 bits per heavy atom. The van der Waals surface area contributed by atoms with Crippen molar-refractivity contribution in [3.63, 3.8) is 0 Å². The predicted octanol–water partition coefficient (Wildman–Crippen LogP) is 5.09. The van der Waals surface area contributed by atoms with Crippen LogP contribution in [0.4, 0.5) is 0 Å². The zero-order valence-corrected chi connectivity index (χ0v) is 14.2. The van der Waals surface area contributed by atoms with E-state index in [1.807, 2.05) is 0 Å². The Morgan fingerprint density at radius 1 is 1.25 bits per heavy atom. The normalized spacial score (nSPS) is 21.4. The topological polar surface area (TPSA) is 36.7 Å². The standard InChI is InChI=1S/C17H26N2S/c1-15(2,3)13-11-20-14(19-13)10-17(12-18)8-6-16(4,5)7-9-17/h11H,6-10H2,1-5H3. The molecule has 0 bridgehead atoms. The zero-order valence-electron chi connectivity index (χ0n) is 13.4. The highest BCUT2D eigenvalue weighted by Gasteiger charge is 2.39. The van der Waals surface area contributed by atoms with Gasteiger partial charge in [0.25, 0.3) is 0 Å². The fourth-order valence-corrected chi connectivity index (χ4v) is 3.92. The van der Waals surface area contributed by atoms with Crippen LogP contribution in [-0.4, -0.2) is 4.98 Å². The first-order chi connectivity index (χ1) is 9.16. The number of nitriles is 1. The predicted molar refractivity (Wildman–Crippen MR) is 84.8 cm³/mol. The van der Waals surface area contributed by atoms with E-state index in [0.29, 0.717) is 5.41 Å². The quantitative estimate of drug-likeness (QED) is 0.760. The van der Waals surface area contributed by atoms with Crippen molar-refractivity contribution in [2.45, 2.75) is 72.1 Å². The Bertz CT molecular complexity index is 504. The lowest BCUT2D eigenvalue weighted by atomic mass is 9.64. The molecule has 0 saturated heterocycles. The monoisotopic (exact) mass is 290 g/mol. The minimum atomic E-state index is -0.178. The lowest BCUT2D eigenvalue weighted by Crippen LogP contribution is -2.31. The molecular formula is C17H26N2S. The van der Waals surface area contributed by atoms with Crippen LogP contribution in [-0.2, 0) is 11.8 Å². The molecule has 0 unspecified atom stereocenters. The van der Waals surface area contributed by atoms with Crippen LogP contribution in [0, 0.1) is 22.2 Å². The summed E-state index contributed by atoms with van der Waals surface area (Å²) in [4.78, 5) is 4.77. The molecule has 1 heterocycles. The average Bonchev–Trinajstić information content (AvgIpc) is 2.81. The first-order valence-electron chi connectivity index (χ1n) is 7.52. The van der Waals surface area contributed by atoms with E-state index in [9.17, 15) is 5.26 Å². The molecule has 1 saturated carbocycles. The summed E-state index contributed by atoms with van der Waals surface area (Å²) >= 11 is 1.72. The molecule has 2 nitrogen and oxygen atoms in total. The van der Waals surface area contributed by atoms with Gasteiger partial charge >= 0.3 is 0 Å². The van der Waals surface area contributed by atoms with Gasteiger partial charge in [-0.05, 0) is 31.1 Å². The van der Waals surface area contributed by atoms with Crippen LogP contribution in [0.25, 0.3) is 0 Å². The van der Waals surface area contributed by atoms with E-state index >= 15 is 0 Å². The molecule has 1 aromatic rings. The highest BCUT2D eigenvalue weighted by molar-refractivity contribution is 7.09. The fraction of sp³-hybridized carbons (Fsp3) is 0.765. The smallest absolute Gasteiger partial charge is 0.0944 e. The van der Waals surface area contributed by atoms with E-state index in [1.54, 1.807) is 11.3 Å². The second-order valence-electron chi connectivity index (χ2n) is 8.11. The molecule has 0 atom stereocenters. The summed E-state index contributed by atoms with van der Waals surface area (Å²) in [6.07, 6.45) is 5.16. The maximum Gasteiger partial charge on any atom is 0.0944 e. The summed E-state index contributed by atoms with van der Waals surface area (Å²) in [6, 6.07) is 2.62. The molecule has 0 radical (unpaired) electrons. The summed E-state index contributed by atoms with van der Waals surface area (Å²) in [5.74, 6) is 0. The fourth-order valence-electron chi connectivity index (χ4n) is 2.76. The second-order valence-corrected chi connectivity index (χ2v) is 9.05. The Kier molecular flexibility index (Phi) is 3.99. The maximum atomic E-state index is 9.67. The van der Waals surface area contributed by atoms with E-state index in [4.69, 9.17) is 4.98 Å². The van der Waals surface area contributed by atoms with Crippen molar-refractivity contribution in [1.29, 1.82) is 5.26 Å². The number of hydrogen-bond acceptors (Lipinski definition) is 3. The average molecular weight is 290 g/mol. The molecule has 1 aliphatic carbocycles. The van der Waals surface area contributed by atoms with Crippen molar-refractivity contribution < 1.29 is 0 Å². The number of hydrogen-bond donors (Lipinski definition) is 0. The summed E-state index contributed by atoms with van der Waals surface area (Å²) in [6.45, 7) is 11.2. The molecule has 0 amide bonds. The van der Waals surface area contributed by atoms with Gasteiger partial charge < -0.3 is 0 Å². The van der Waals surface area contributed by atoms with Gasteiger partial charge in [-0.15, -0.1) is 11.3 Å². The molecule has 0 N–H and O–H groups in total. The van der Waals surface area contributed by atoms with Crippen molar-refractivity contribution in [2.24, 2.45) is 10.8 Å². The minimum Gasteiger partial charge on any atom is -0.246 e. The summed E-state index contributed by atoms with van der Waals surface area (Å²) in [7, 11) is 0. The highest BCUT2D eigenvalue weighted by atomic mass is 32.1. The first kappa shape index (κ1) is 15.5. The lowest BCUT2D eigenvalue weighted by Gasteiger charge is -2.39. The van der Waals surface area contributed by atoms with E-state index in [2.05, 4.69) is 46.1 Å². The number of thiazole rings is 1. The van der Waals surface area contributed by atoms with Crippen LogP contribution >= 0.6 is 11.3 Å². The van der Waals surface area contributed by atoms with Gasteiger partial charge in [-0.2, -0.15) is 5.26 Å². The van der Waals surface area contributed by atoms with Gasteiger partial charge in [-0.25, -0.2) is 4.98 Å². The molecule has 1 aliphatic rings. The number of rotatable bonds is 2. The van der Waals surface area contributed by atoms with Gasteiger partial charge in [0, 0.05) is 17.2 Å². The molecule has 0 aromatic carbocycles. The molecule has 20 heavy (non-hydrogen) atoms. The molecule has 3 heteroatoms. The number of aromatic nitrogens is 1. The van der Waals surface area contributed by atoms with E-state index in [0.717, 1.165) is 42.8 Å². The lowest BCUT2D eigenvalue weighted by molar-refractivity contribution is 0.146. The SMILES string of the molecule is CC1(C)CCC(C#N)(Cc2nc(C(C)(C)C)cs2)CC1. The van der Waals surface area contributed by atoms with Gasteiger partial charge in [0.15, 0.2) is 0 Å². The second kappa shape index (κ2) is 5.15. The zero-order chi connectivity index (χ0) is 15.0. The van der Waals surface area contributed by atoms with Crippen molar-refractivity contribution in [3.8, 4) is 6.07 Å². The molecular weight excluding hydrogens is 264 g/mol. The van der Waals surface area contributed by atoms with Crippen LogP contribution in [0.15, 0.2) is 5.38 Å². The third kappa shape index (κ3) is 3.41. The van der Waals surface area contributed by atoms with E-state index < -0.39 is 0 Å². The molecule has 1 fully saturated rings. The third-order valence-electron chi connectivity index (χ3n) is 4.61. The Hall–Kier alpha value is -0.880. The van der Waals surface area contributed by atoms with Crippen molar-refractivity contribution in [2.75, 3.05) is 0 Å². The third-order valence-corrected chi connectivity index (χ3v) is 5.46. The summed E-state index contributed by atoms with van der Waals surface area (Å²) in [5.41, 5.74) is 1.48. The van der Waals surface area contributed by atoms with E-state index in [-0.39, 0.29) is 10.8 Å². The molecule has 1 aromatic heterocycles. The van der Waals surface area contributed by atoms with Crippen molar-refractivity contribution in [3.05, 3.63) is 16.1 Å². The van der Waals surface area contributed by atoms with Gasteiger partial charge in [-0.1, -0.05) is 34.6 Å². The molecule has 110 valence electrons. The molecule has 2 rings (SSSR count). The minimum absolute atomic E-state index is 0.100. The van der Waals surface area contributed by atoms with Gasteiger partial charge in [0.1, 0.15) is 0 Å². The Balaban J connectivity index is 2.12. The first-order valence-corrected chi connectivity index (χ1v) is 8.40. The van der Waals surface area contributed by atoms with Crippen LogP contribution in [0.3, 0.4) is 0 Å². The Morgan fingerprint density at radius 2 is 1.85 bits per heavy atom. The van der Waals surface area contributed by atoms with Gasteiger partial charge in [0.2, 0.25) is 0 Å². The van der Waals surface area contributed by atoms with Gasteiger partial charge in [0.05, 0.1) is 22.2 Å².